The van der Waals surface area contributed by atoms with Gasteiger partial charge in [-0.25, -0.2) is 8.42 Å². The van der Waals surface area contributed by atoms with Gasteiger partial charge in [-0.2, -0.15) is 4.31 Å². The molecule has 0 unspecified atom stereocenters. The quantitative estimate of drug-likeness (QED) is 0.661. The zero-order chi connectivity index (χ0) is 20.7. The molecular weight excluding hydrogens is 400 g/mol. The highest BCUT2D eigenvalue weighted by Gasteiger charge is 2.26. The van der Waals surface area contributed by atoms with Crippen molar-refractivity contribution in [2.24, 2.45) is 0 Å². The number of benzene rings is 2. The summed E-state index contributed by atoms with van der Waals surface area (Å²) in [6, 6.07) is 11.7. The van der Waals surface area contributed by atoms with Crippen molar-refractivity contribution in [1.29, 1.82) is 0 Å². The molecule has 2 aromatic rings. The van der Waals surface area contributed by atoms with E-state index >= 15 is 0 Å². The van der Waals surface area contributed by atoms with E-state index in [1.54, 1.807) is 57.2 Å². The number of ether oxygens (including phenoxy) is 1. The molecule has 0 saturated carbocycles. The number of hydrogen-bond acceptors (Lipinski definition) is 4. The van der Waals surface area contributed by atoms with Crippen LogP contribution in [0.5, 0.6) is 5.75 Å². The summed E-state index contributed by atoms with van der Waals surface area (Å²) in [6.07, 6.45) is 0.0883. The lowest BCUT2D eigenvalue weighted by molar-refractivity contribution is -0.115. The lowest BCUT2D eigenvalue weighted by atomic mass is 10.1. The van der Waals surface area contributed by atoms with Gasteiger partial charge in [-0.3, -0.25) is 4.79 Å². The van der Waals surface area contributed by atoms with Crippen molar-refractivity contribution in [2.75, 3.05) is 25.0 Å². The molecule has 0 aliphatic heterocycles. The molecule has 0 fully saturated rings. The zero-order valence-electron chi connectivity index (χ0n) is 16.2. The highest BCUT2D eigenvalue weighted by molar-refractivity contribution is 7.89. The topological polar surface area (TPSA) is 75.7 Å². The van der Waals surface area contributed by atoms with Gasteiger partial charge in [-0.1, -0.05) is 43.6 Å². The van der Waals surface area contributed by atoms with Crippen molar-refractivity contribution in [1.82, 2.24) is 4.31 Å². The summed E-state index contributed by atoms with van der Waals surface area (Å²) in [5.74, 6) is -0.0260. The molecule has 0 aromatic heterocycles. The predicted molar refractivity (Wildman–Crippen MR) is 112 cm³/mol. The molecular formula is C20H25ClN2O4S. The van der Waals surface area contributed by atoms with E-state index in [9.17, 15) is 13.2 Å². The standard InChI is InChI=1S/C20H25ClN2O4S/c1-4-23(5-2)28(25,26)19-14-16(11-12-18(19)27-6-3)22-20(24)13-15-9-7-8-10-17(15)21/h7-12,14H,4-6,13H2,1-3H3,(H,22,24). The molecule has 0 atom stereocenters. The Bertz CT molecular complexity index is 928. The SMILES string of the molecule is CCOc1ccc(NC(=O)Cc2ccccc2Cl)cc1S(=O)(=O)N(CC)CC. The lowest BCUT2D eigenvalue weighted by Gasteiger charge is -2.21. The van der Waals surface area contributed by atoms with Gasteiger partial charge in [-0.15, -0.1) is 0 Å². The number of rotatable bonds is 9. The van der Waals surface area contributed by atoms with Crippen LogP contribution in [0.1, 0.15) is 26.3 Å². The van der Waals surface area contributed by atoms with Crippen molar-refractivity contribution in [3.8, 4) is 5.75 Å². The van der Waals surface area contributed by atoms with E-state index in [2.05, 4.69) is 5.32 Å². The molecule has 0 spiro atoms. The van der Waals surface area contributed by atoms with Crippen molar-refractivity contribution in [2.45, 2.75) is 32.1 Å². The molecule has 28 heavy (non-hydrogen) atoms. The maximum atomic E-state index is 13.0. The van der Waals surface area contributed by atoms with Gasteiger partial charge in [0, 0.05) is 23.8 Å². The van der Waals surface area contributed by atoms with E-state index in [0.717, 1.165) is 0 Å². The van der Waals surface area contributed by atoms with E-state index in [-0.39, 0.29) is 23.0 Å². The zero-order valence-corrected chi connectivity index (χ0v) is 17.8. The number of carbonyl (C=O) groups is 1. The number of nitrogens with one attached hydrogen (secondary N) is 1. The third-order valence-electron chi connectivity index (χ3n) is 4.16. The smallest absolute Gasteiger partial charge is 0.246 e. The summed E-state index contributed by atoms with van der Waals surface area (Å²) in [7, 11) is -3.74. The highest BCUT2D eigenvalue weighted by atomic mass is 35.5. The average Bonchev–Trinajstić information content (AvgIpc) is 2.65. The Morgan fingerprint density at radius 1 is 1.11 bits per heavy atom. The van der Waals surface area contributed by atoms with Crippen LogP contribution in [0, 0.1) is 0 Å². The van der Waals surface area contributed by atoms with E-state index in [1.165, 1.54) is 10.4 Å². The minimum atomic E-state index is -3.74. The number of hydrogen-bond donors (Lipinski definition) is 1. The lowest BCUT2D eigenvalue weighted by Crippen LogP contribution is -2.31. The number of anilines is 1. The molecule has 0 aliphatic carbocycles. The van der Waals surface area contributed by atoms with Gasteiger partial charge < -0.3 is 10.1 Å². The van der Waals surface area contributed by atoms with Gasteiger partial charge in [0.1, 0.15) is 10.6 Å². The van der Waals surface area contributed by atoms with Gasteiger partial charge in [0.15, 0.2) is 0 Å². The van der Waals surface area contributed by atoms with E-state index in [1.807, 2.05) is 0 Å². The van der Waals surface area contributed by atoms with Crippen molar-refractivity contribution < 1.29 is 17.9 Å². The molecule has 2 aromatic carbocycles. The number of halogens is 1. The van der Waals surface area contributed by atoms with Crippen LogP contribution >= 0.6 is 11.6 Å². The Morgan fingerprint density at radius 2 is 1.79 bits per heavy atom. The van der Waals surface area contributed by atoms with Crippen LogP contribution in [0.15, 0.2) is 47.4 Å². The molecule has 0 heterocycles. The molecule has 0 bridgehead atoms. The van der Waals surface area contributed by atoms with Gasteiger partial charge in [-0.05, 0) is 36.8 Å². The fourth-order valence-electron chi connectivity index (χ4n) is 2.78. The maximum Gasteiger partial charge on any atom is 0.246 e. The van der Waals surface area contributed by atoms with Crippen LogP contribution in [0.2, 0.25) is 5.02 Å². The monoisotopic (exact) mass is 424 g/mol. The van der Waals surface area contributed by atoms with Crippen molar-refractivity contribution in [3.05, 3.63) is 53.1 Å². The summed E-state index contributed by atoms with van der Waals surface area (Å²) in [4.78, 5) is 12.4. The number of nitrogens with zero attached hydrogens (tertiary/aromatic N) is 1. The van der Waals surface area contributed by atoms with Crippen LogP contribution in [0.4, 0.5) is 5.69 Å². The fraction of sp³-hybridized carbons (Fsp3) is 0.350. The molecule has 8 heteroatoms. The second-order valence-corrected chi connectivity index (χ2v) is 8.31. The highest BCUT2D eigenvalue weighted by Crippen LogP contribution is 2.30. The minimum absolute atomic E-state index is 0.0357. The van der Waals surface area contributed by atoms with Crippen LogP contribution in [-0.4, -0.2) is 38.3 Å². The summed E-state index contributed by atoms with van der Waals surface area (Å²) in [6.45, 7) is 6.35. The third kappa shape index (κ3) is 5.25. The van der Waals surface area contributed by atoms with Crippen LogP contribution in [0.25, 0.3) is 0 Å². The first-order chi connectivity index (χ1) is 13.3. The minimum Gasteiger partial charge on any atom is -0.492 e. The van der Waals surface area contributed by atoms with Gasteiger partial charge >= 0.3 is 0 Å². The van der Waals surface area contributed by atoms with Crippen LogP contribution < -0.4 is 10.1 Å². The number of carbonyl (C=O) groups excluding carboxylic acids is 1. The molecule has 1 amide bonds. The molecule has 0 radical (unpaired) electrons. The second kappa shape index (κ2) is 9.91. The van der Waals surface area contributed by atoms with E-state index < -0.39 is 10.0 Å². The van der Waals surface area contributed by atoms with E-state index in [4.69, 9.17) is 16.3 Å². The summed E-state index contributed by atoms with van der Waals surface area (Å²) < 4.78 is 32.8. The van der Waals surface area contributed by atoms with Gasteiger partial charge in [0.05, 0.1) is 13.0 Å². The van der Waals surface area contributed by atoms with Gasteiger partial charge in [0.2, 0.25) is 15.9 Å². The molecule has 0 aliphatic rings. The Labute approximate surface area is 171 Å². The molecule has 2 rings (SSSR count). The second-order valence-electron chi connectivity index (χ2n) is 6.00. The third-order valence-corrected chi connectivity index (χ3v) is 6.60. The first kappa shape index (κ1) is 22.2. The van der Waals surface area contributed by atoms with Gasteiger partial charge in [0.25, 0.3) is 0 Å². The van der Waals surface area contributed by atoms with Crippen LogP contribution in [-0.2, 0) is 21.2 Å². The maximum absolute atomic E-state index is 13.0. The average molecular weight is 425 g/mol. The summed E-state index contributed by atoms with van der Waals surface area (Å²) >= 11 is 6.10. The van der Waals surface area contributed by atoms with Crippen LogP contribution in [0.3, 0.4) is 0 Å². The number of sulfonamides is 1. The molecule has 0 saturated heterocycles. The summed E-state index contributed by atoms with van der Waals surface area (Å²) in [5, 5.41) is 3.25. The van der Waals surface area contributed by atoms with E-state index in [0.29, 0.717) is 36.0 Å². The first-order valence-electron chi connectivity index (χ1n) is 9.13. The molecule has 6 nitrogen and oxygen atoms in total. The first-order valence-corrected chi connectivity index (χ1v) is 11.0. The molecule has 152 valence electrons. The Morgan fingerprint density at radius 3 is 2.39 bits per heavy atom. The Balaban J connectivity index is 2.31. The summed E-state index contributed by atoms with van der Waals surface area (Å²) in [5.41, 5.74) is 1.08. The molecule has 1 N–H and O–H groups in total. The Kier molecular flexibility index (Phi) is 7.86. The number of amides is 1. The van der Waals surface area contributed by atoms with Crippen molar-refractivity contribution >= 4 is 33.2 Å². The fourth-order valence-corrected chi connectivity index (χ4v) is 4.60. The predicted octanol–water partition coefficient (Wildman–Crippen LogP) is 3.95. The largest absolute Gasteiger partial charge is 0.492 e. The normalized spacial score (nSPS) is 11.5. The van der Waals surface area contributed by atoms with Crippen molar-refractivity contribution in [3.63, 3.8) is 0 Å². The Hall–Kier alpha value is -2.09.